The van der Waals surface area contributed by atoms with Gasteiger partial charge in [0.05, 0.1) is 28.1 Å². The Labute approximate surface area is 261 Å². The lowest BCUT2D eigenvalue weighted by molar-refractivity contribution is 0.768. The van der Waals surface area contributed by atoms with Crippen LogP contribution >= 0.6 is 0 Å². The first-order valence-corrected chi connectivity index (χ1v) is 15.3. The number of rotatable bonds is 3. The van der Waals surface area contributed by atoms with Crippen molar-refractivity contribution in [1.82, 2.24) is 4.98 Å². The van der Waals surface area contributed by atoms with Gasteiger partial charge in [0.15, 0.2) is 0 Å². The lowest BCUT2D eigenvalue weighted by Crippen LogP contribution is -2.28. The molecule has 8 aromatic rings. The van der Waals surface area contributed by atoms with Crippen LogP contribution in [-0.2, 0) is 5.41 Å². The van der Waals surface area contributed by atoms with E-state index in [2.05, 4.69) is 152 Å². The number of fused-ring (bicyclic) bond motifs is 7. The highest BCUT2D eigenvalue weighted by Crippen LogP contribution is 2.57. The number of aromatic nitrogens is 1. The topological polar surface area (TPSA) is 36.7 Å². The molecule has 1 heterocycles. The predicted octanol–water partition coefficient (Wildman–Crippen LogP) is 10.4. The normalized spacial score (nSPS) is 13.0. The molecule has 0 amide bonds. The van der Waals surface area contributed by atoms with E-state index < -0.39 is 5.41 Å². The van der Waals surface area contributed by atoms with Crippen LogP contribution in [0.2, 0.25) is 0 Å². The molecule has 0 aliphatic heterocycles. The van der Waals surface area contributed by atoms with Crippen LogP contribution in [0, 0.1) is 11.3 Å². The molecule has 0 bridgehead atoms. The van der Waals surface area contributed by atoms with E-state index in [0.29, 0.717) is 5.56 Å². The first-order chi connectivity index (χ1) is 22.3. The summed E-state index contributed by atoms with van der Waals surface area (Å²) >= 11 is 0. The van der Waals surface area contributed by atoms with Crippen molar-refractivity contribution in [2.24, 2.45) is 0 Å². The molecule has 2 nitrogen and oxygen atoms in total. The summed E-state index contributed by atoms with van der Waals surface area (Å²) in [4.78, 5) is 5.12. The van der Waals surface area contributed by atoms with Crippen LogP contribution in [0.4, 0.5) is 0 Å². The Morgan fingerprint density at radius 1 is 0.489 bits per heavy atom. The van der Waals surface area contributed by atoms with Gasteiger partial charge in [-0.15, -0.1) is 0 Å². The summed E-state index contributed by atoms with van der Waals surface area (Å²) in [6.07, 6.45) is 0. The van der Waals surface area contributed by atoms with Gasteiger partial charge < -0.3 is 0 Å². The molecule has 0 unspecified atom stereocenters. The Bertz CT molecular complexity index is 2450. The minimum absolute atomic E-state index is 0.583. The molecule has 9 rings (SSSR count). The largest absolute Gasteiger partial charge is 0.247 e. The number of nitrogens with zero attached hydrogens (tertiary/aromatic N) is 2. The van der Waals surface area contributed by atoms with Crippen molar-refractivity contribution in [1.29, 1.82) is 5.26 Å². The van der Waals surface area contributed by atoms with E-state index in [4.69, 9.17) is 4.98 Å². The average molecular weight is 571 g/mol. The van der Waals surface area contributed by atoms with Crippen LogP contribution in [0.15, 0.2) is 158 Å². The van der Waals surface area contributed by atoms with Crippen molar-refractivity contribution < 1.29 is 0 Å². The van der Waals surface area contributed by atoms with Crippen LogP contribution in [0.25, 0.3) is 54.8 Å². The Balaban J connectivity index is 1.38. The molecule has 208 valence electrons. The van der Waals surface area contributed by atoms with E-state index in [1.165, 1.54) is 38.8 Å². The molecule has 0 spiro atoms. The molecule has 0 saturated carbocycles. The number of pyridine rings is 1. The second-order valence-corrected chi connectivity index (χ2v) is 11.8. The first kappa shape index (κ1) is 25.5. The van der Waals surface area contributed by atoms with E-state index in [0.717, 1.165) is 38.3 Å². The van der Waals surface area contributed by atoms with Gasteiger partial charge in [-0.25, -0.2) is 4.98 Å². The maximum atomic E-state index is 9.99. The fourth-order valence-corrected chi connectivity index (χ4v) is 7.58. The molecule has 1 aromatic heterocycles. The van der Waals surface area contributed by atoms with Gasteiger partial charge in [0.1, 0.15) is 0 Å². The molecular weight excluding hydrogens is 544 g/mol. The fraction of sp³-hybridized carbons (Fsp3) is 0.0233. The van der Waals surface area contributed by atoms with Gasteiger partial charge >= 0.3 is 0 Å². The molecule has 0 N–H and O–H groups in total. The molecule has 45 heavy (non-hydrogen) atoms. The second kappa shape index (κ2) is 9.74. The van der Waals surface area contributed by atoms with E-state index >= 15 is 0 Å². The van der Waals surface area contributed by atoms with Crippen LogP contribution in [-0.4, -0.2) is 4.98 Å². The number of nitriles is 1. The highest BCUT2D eigenvalue weighted by atomic mass is 14.7. The van der Waals surface area contributed by atoms with Gasteiger partial charge in [-0.3, -0.25) is 0 Å². The standard InChI is InChI=1S/C43H26N2/c44-27-28-19-21-35-36-22-20-29(26-40(36)43(39(35)23-28,32-12-3-1-4-13-32)33-14-5-2-6-15-33)38-25-31-24-30-11-7-10-18-41(30)45-42(31)37-17-9-8-16-34(37)38/h1-26H. The Morgan fingerprint density at radius 2 is 1.11 bits per heavy atom. The molecule has 0 atom stereocenters. The lowest BCUT2D eigenvalue weighted by Gasteiger charge is -2.34. The van der Waals surface area contributed by atoms with Crippen LogP contribution in [0.3, 0.4) is 0 Å². The van der Waals surface area contributed by atoms with Crippen molar-refractivity contribution in [2.45, 2.75) is 5.41 Å². The predicted molar refractivity (Wildman–Crippen MR) is 184 cm³/mol. The first-order valence-electron chi connectivity index (χ1n) is 15.3. The van der Waals surface area contributed by atoms with Crippen molar-refractivity contribution >= 4 is 32.6 Å². The van der Waals surface area contributed by atoms with E-state index in [1.807, 2.05) is 12.1 Å². The van der Waals surface area contributed by atoms with Gasteiger partial charge in [0.25, 0.3) is 0 Å². The van der Waals surface area contributed by atoms with Crippen molar-refractivity contribution in [3.63, 3.8) is 0 Å². The summed E-state index contributed by atoms with van der Waals surface area (Å²) < 4.78 is 0. The number of para-hydroxylation sites is 1. The lowest BCUT2D eigenvalue weighted by atomic mass is 9.67. The summed E-state index contributed by atoms with van der Waals surface area (Å²) in [7, 11) is 0. The number of hydrogen-bond acceptors (Lipinski definition) is 2. The summed E-state index contributed by atoms with van der Waals surface area (Å²) in [5, 5.41) is 14.6. The van der Waals surface area contributed by atoms with Gasteiger partial charge in [-0.05, 0) is 86.3 Å². The SMILES string of the molecule is N#Cc1ccc2c(c1)C(c1ccccc1)(c1ccccc1)c1cc(-c3cc4cc5ccccc5nc4c4ccccc34)ccc1-2. The van der Waals surface area contributed by atoms with Crippen molar-refractivity contribution in [3.05, 3.63) is 186 Å². The molecule has 0 fully saturated rings. The van der Waals surface area contributed by atoms with Crippen molar-refractivity contribution in [2.75, 3.05) is 0 Å². The van der Waals surface area contributed by atoms with E-state index in [-0.39, 0.29) is 0 Å². The summed E-state index contributed by atoms with van der Waals surface area (Å²) in [6, 6.07) is 58.5. The highest BCUT2D eigenvalue weighted by Gasteiger charge is 2.46. The average Bonchev–Trinajstić information content (AvgIpc) is 3.41. The molecule has 7 aromatic carbocycles. The van der Waals surface area contributed by atoms with E-state index in [9.17, 15) is 5.26 Å². The third-order valence-electron chi connectivity index (χ3n) is 9.52. The molecule has 2 heteroatoms. The zero-order valence-corrected chi connectivity index (χ0v) is 24.4. The van der Waals surface area contributed by atoms with Gasteiger partial charge in [-0.2, -0.15) is 5.26 Å². The summed E-state index contributed by atoms with van der Waals surface area (Å²) in [5.41, 5.74) is 11.5. The minimum Gasteiger partial charge on any atom is -0.247 e. The fourth-order valence-electron chi connectivity index (χ4n) is 7.58. The maximum absolute atomic E-state index is 9.99. The molecule has 0 saturated heterocycles. The summed E-state index contributed by atoms with van der Waals surface area (Å²) in [6.45, 7) is 0. The molecule has 0 radical (unpaired) electrons. The zero-order chi connectivity index (χ0) is 30.0. The van der Waals surface area contributed by atoms with Crippen LogP contribution in [0.1, 0.15) is 27.8 Å². The quantitative estimate of drug-likeness (QED) is 0.156. The third kappa shape index (κ3) is 3.65. The number of benzene rings is 7. The summed E-state index contributed by atoms with van der Waals surface area (Å²) in [5.74, 6) is 0. The molecule has 1 aliphatic rings. The van der Waals surface area contributed by atoms with Gasteiger partial charge in [-0.1, -0.05) is 121 Å². The zero-order valence-electron chi connectivity index (χ0n) is 24.4. The van der Waals surface area contributed by atoms with Gasteiger partial charge in [0.2, 0.25) is 0 Å². The third-order valence-corrected chi connectivity index (χ3v) is 9.52. The minimum atomic E-state index is -0.583. The van der Waals surface area contributed by atoms with E-state index in [1.54, 1.807) is 0 Å². The smallest absolute Gasteiger partial charge is 0.0991 e. The Morgan fingerprint density at radius 3 is 1.84 bits per heavy atom. The Hall–Kier alpha value is -6.04. The molecule has 1 aliphatic carbocycles. The molecular formula is C43H26N2. The monoisotopic (exact) mass is 570 g/mol. The van der Waals surface area contributed by atoms with Crippen LogP contribution in [0.5, 0.6) is 0 Å². The number of hydrogen-bond donors (Lipinski definition) is 0. The highest BCUT2D eigenvalue weighted by molar-refractivity contribution is 6.14. The Kier molecular flexibility index (Phi) is 5.51. The maximum Gasteiger partial charge on any atom is 0.0991 e. The van der Waals surface area contributed by atoms with Crippen molar-refractivity contribution in [3.8, 4) is 28.3 Å². The second-order valence-electron chi connectivity index (χ2n) is 11.8. The van der Waals surface area contributed by atoms with Crippen LogP contribution < -0.4 is 0 Å². The van der Waals surface area contributed by atoms with Gasteiger partial charge in [0, 0.05) is 16.2 Å².